The molecule has 1 unspecified atom stereocenters. The number of ether oxygens (including phenoxy) is 1. The summed E-state index contributed by atoms with van der Waals surface area (Å²) in [6, 6.07) is 10.2. The fraction of sp³-hybridized carbons (Fsp3) is 0.222. The number of carbonyl (C=O) groups is 2. The van der Waals surface area contributed by atoms with Crippen LogP contribution in [-0.4, -0.2) is 32.2 Å². The van der Waals surface area contributed by atoms with Gasteiger partial charge in [-0.05, 0) is 37.3 Å². The summed E-state index contributed by atoms with van der Waals surface area (Å²) < 4.78 is 29.4. The van der Waals surface area contributed by atoms with Gasteiger partial charge in [0.2, 0.25) is 0 Å². The Morgan fingerprint density at radius 3 is 2.48 bits per heavy atom. The van der Waals surface area contributed by atoms with Gasteiger partial charge in [-0.15, -0.1) is 0 Å². The summed E-state index contributed by atoms with van der Waals surface area (Å²) in [5, 5.41) is 3.16. The molecule has 0 aliphatic heterocycles. The van der Waals surface area contributed by atoms with Crippen LogP contribution in [0, 0.1) is 0 Å². The van der Waals surface area contributed by atoms with Crippen LogP contribution < -0.4 is 5.32 Å². The molecule has 0 heterocycles. The number of rotatable bonds is 6. The van der Waals surface area contributed by atoms with Crippen molar-refractivity contribution in [3.05, 3.63) is 58.1 Å². The molecule has 2 aromatic rings. The first kappa shape index (κ1) is 21.2. The molecule has 27 heavy (non-hydrogen) atoms. The zero-order valence-electron chi connectivity index (χ0n) is 14.5. The third kappa shape index (κ3) is 5.22. The second-order valence-electron chi connectivity index (χ2n) is 5.56. The van der Waals surface area contributed by atoms with Crippen molar-refractivity contribution in [2.75, 3.05) is 11.1 Å². The van der Waals surface area contributed by atoms with Crippen LogP contribution >= 0.6 is 23.2 Å². The van der Waals surface area contributed by atoms with Crippen LogP contribution in [0.3, 0.4) is 0 Å². The predicted molar refractivity (Wildman–Crippen MR) is 104 cm³/mol. The minimum absolute atomic E-state index is 0.125. The maximum absolute atomic E-state index is 12.4. The molecule has 0 saturated carbocycles. The van der Waals surface area contributed by atoms with Crippen molar-refractivity contribution in [3.63, 3.8) is 0 Å². The second kappa shape index (κ2) is 8.73. The molecular formula is C18H17Cl2NO5S. The van der Waals surface area contributed by atoms with Crippen molar-refractivity contribution < 1.29 is 22.7 Å². The summed E-state index contributed by atoms with van der Waals surface area (Å²) in [5.41, 5.74) is 0.144. The summed E-state index contributed by atoms with van der Waals surface area (Å²) in [6.45, 7) is 2.84. The molecule has 0 aliphatic carbocycles. The molecule has 0 aliphatic rings. The summed E-state index contributed by atoms with van der Waals surface area (Å²) >= 11 is 11.9. The Kier molecular flexibility index (Phi) is 6.86. The van der Waals surface area contributed by atoms with Gasteiger partial charge in [-0.2, -0.15) is 0 Å². The van der Waals surface area contributed by atoms with Crippen molar-refractivity contribution in [1.82, 2.24) is 0 Å². The largest absolute Gasteiger partial charge is 0.449 e. The van der Waals surface area contributed by atoms with Crippen LogP contribution in [-0.2, 0) is 19.4 Å². The molecule has 2 rings (SSSR count). The van der Waals surface area contributed by atoms with Crippen molar-refractivity contribution in [3.8, 4) is 0 Å². The zero-order valence-corrected chi connectivity index (χ0v) is 16.9. The molecule has 1 amide bonds. The highest BCUT2D eigenvalue weighted by Crippen LogP contribution is 2.26. The lowest BCUT2D eigenvalue weighted by Crippen LogP contribution is -2.30. The number of benzene rings is 2. The number of halogens is 2. The molecule has 1 N–H and O–H groups in total. The number of nitrogens with one attached hydrogen (secondary N) is 1. The number of hydrogen-bond donors (Lipinski definition) is 1. The van der Waals surface area contributed by atoms with Gasteiger partial charge < -0.3 is 10.1 Å². The van der Waals surface area contributed by atoms with Crippen LogP contribution in [0.1, 0.15) is 24.2 Å². The Morgan fingerprint density at radius 1 is 1.15 bits per heavy atom. The maximum atomic E-state index is 12.4. The van der Waals surface area contributed by atoms with Gasteiger partial charge in [0, 0.05) is 5.02 Å². The summed E-state index contributed by atoms with van der Waals surface area (Å²) in [6.07, 6.45) is -1.19. The molecule has 0 fully saturated rings. The van der Waals surface area contributed by atoms with Gasteiger partial charge in [0.25, 0.3) is 5.91 Å². The van der Waals surface area contributed by atoms with E-state index < -0.39 is 27.8 Å². The van der Waals surface area contributed by atoms with E-state index in [4.69, 9.17) is 27.9 Å². The fourth-order valence-corrected chi connectivity index (χ4v) is 3.59. The van der Waals surface area contributed by atoms with Crippen LogP contribution in [0.2, 0.25) is 10.0 Å². The van der Waals surface area contributed by atoms with E-state index in [0.29, 0.717) is 5.02 Å². The lowest BCUT2D eigenvalue weighted by molar-refractivity contribution is -0.123. The van der Waals surface area contributed by atoms with Gasteiger partial charge in [0.15, 0.2) is 15.9 Å². The number of anilines is 1. The highest BCUT2D eigenvalue weighted by atomic mass is 35.5. The molecule has 6 nitrogen and oxygen atoms in total. The Morgan fingerprint density at radius 2 is 1.81 bits per heavy atom. The van der Waals surface area contributed by atoms with E-state index in [9.17, 15) is 18.0 Å². The first-order valence-electron chi connectivity index (χ1n) is 7.94. The predicted octanol–water partition coefficient (Wildman–Crippen LogP) is 3.97. The molecule has 0 spiro atoms. The maximum Gasteiger partial charge on any atom is 0.340 e. The summed E-state index contributed by atoms with van der Waals surface area (Å²) in [7, 11) is -3.62. The molecule has 9 heteroatoms. The first-order valence-corrected chi connectivity index (χ1v) is 10.3. The summed E-state index contributed by atoms with van der Waals surface area (Å²) in [5.74, 6) is -1.72. The van der Waals surface area contributed by atoms with E-state index >= 15 is 0 Å². The van der Waals surface area contributed by atoms with Crippen molar-refractivity contribution in [2.45, 2.75) is 24.8 Å². The van der Waals surface area contributed by atoms with E-state index in [2.05, 4.69) is 5.32 Å². The average Bonchev–Trinajstić information content (AvgIpc) is 2.64. The van der Waals surface area contributed by atoms with Crippen LogP contribution in [0.4, 0.5) is 5.69 Å². The fourth-order valence-electron chi connectivity index (χ4n) is 2.17. The SMILES string of the molecule is CCS(=O)(=O)c1ccccc1C(=O)OC(C)C(=O)Nc1cc(Cl)ccc1Cl. The van der Waals surface area contributed by atoms with E-state index in [-0.39, 0.29) is 26.9 Å². The standard InChI is InChI=1S/C18H17Cl2NO5S/c1-3-27(24,25)16-7-5-4-6-13(16)18(23)26-11(2)17(22)21-15-10-12(19)8-9-14(15)20/h4-11H,3H2,1-2H3,(H,21,22). The van der Waals surface area contributed by atoms with Gasteiger partial charge in [-0.1, -0.05) is 42.3 Å². The molecule has 0 radical (unpaired) electrons. The van der Waals surface area contributed by atoms with Gasteiger partial charge in [0.1, 0.15) is 0 Å². The van der Waals surface area contributed by atoms with E-state index in [1.165, 1.54) is 50.2 Å². The summed E-state index contributed by atoms with van der Waals surface area (Å²) in [4.78, 5) is 24.5. The van der Waals surface area contributed by atoms with E-state index in [0.717, 1.165) is 0 Å². The molecule has 0 aromatic heterocycles. The van der Waals surface area contributed by atoms with Crippen molar-refractivity contribution >= 4 is 50.6 Å². The monoisotopic (exact) mass is 429 g/mol. The molecular weight excluding hydrogens is 413 g/mol. The number of carbonyl (C=O) groups excluding carboxylic acids is 2. The third-order valence-electron chi connectivity index (χ3n) is 3.66. The highest BCUT2D eigenvalue weighted by Gasteiger charge is 2.25. The van der Waals surface area contributed by atoms with Crippen molar-refractivity contribution in [2.24, 2.45) is 0 Å². The molecule has 144 valence electrons. The number of amides is 1. The quantitative estimate of drug-likeness (QED) is 0.701. The molecule has 1 atom stereocenters. The lowest BCUT2D eigenvalue weighted by Gasteiger charge is -2.15. The minimum atomic E-state index is -3.62. The Labute approximate surface area is 167 Å². The van der Waals surface area contributed by atoms with Crippen LogP contribution in [0.15, 0.2) is 47.4 Å². The second-order valence-corrected chi connectivity index (χ2v) is 8.65. The molecule has 0 saturated heterocycles. The number of sulfone groups is 1. The van der Waals surface area contributed by atoms with Crippen LogP contribution in [0.25, 0.3) is 0 Å². The number of esters is 1. The minimum Gasteiger partial charge on any atom is -0.449 e. The lowest BCUT2D eigenvalue weighted by atomic mass is 10.2. The average molecular weight is 430 g/mol. The third-order valence-corrected chi connectivity index (χ3v) is 6.01. The van der Waals surface area contributed by atoms with Gasteiger partial charge in [-0.3, -0.25) is 4.79 Å². The Bertz CT molecular complexity index is 975. The van der Waals surface area contributed by atoms with E-state index in [1.807, 2.05) is 0 Å². The van der Waals surface area contributed by atoms with E-state index in [1.54, 1.807) is 6.07 Å². The smallest absolute Gasteiger partial charge is 0.340 e. The topological polar surface area (TPSA) is 89.5 Å². The molecule has 0 bridgehead atoms. The number of hydrogen-bond acceptors (Lipinski definition) is 5. The highest BCUT2D eigenvalue weighted by molar-refractivity contribution is 7.91. The zero-order chi connectivity index (χ0) is 20.2. The Balaban J connectivity index is 2.16. The van der Waals surface area contributed by atoms with Gasteiger partial charge >= 0.3 is 5.97 Å². The van der Waals surface area contributed by atoms with Crippen LogP contribution in [0.5, 0.6) is 0 Å². The van der Waals surface area contributed by atoms with Gasteiger partial charge in [-0.25, -0.2) is 13.2 Å². The first-order chi connectivity index (χ1) is 12.7. The van der Waals surface area contributed by atoms with Crippen molar-refractivity contribution in [1.29, 1.82) is 0 Å². The molecule has 2 aromatic carbocycles. The normalized spacial score (nSPS) is 12.3. The Hall–Kier alpha value is -2.09. The van der Waals surface area contributed by atoms with Gasteiger partial charge in [0.05, 0.1) is 26.9 Å².